The summed E-state index contributed by atoms with van der Waals surface area (Å²) in [5.74, 6) is -0.908. The summed E-state index contributed by atoms with van der Waals surface area (Å²) in [6, 6.07) is 13.6. The van der Waals surface area contributed by atoms with Crippen LogP contribution in [0.4, 0.5) is 0 Å². The van der Waals surface area contributed by atoms with E-state index >= 15 is 0 Å². The molecule has 3 rings (SSSR count). The van der Waals surface area contributed by atoms with Gasteiger partial charge in [-0.1, -0.05) is 35.9 Å². The Labute approximate surface area is 145 Å². The van der Waals surface area contributed by atoms with E-state index in [1.54, 1.807) is 11.6 Å². The van der Waals surface area contributed by atoms with Crippen molar-refractivity contribution in [1.82, 2.24) is 9.88 Å². The number of nitrogens with one attached hydrogen (secondary N) is 1. The molecule has 3 aromatic rings. The highest BCUT2D eigenvalue weighted by Gasteiger charge is 2.20. The van der Waals surface area contributed by atoms with Crippen LogP contribution in [-0.2, 0) is 20.1 Å². The summed E-state index contributed by atoms with van der Waals surface area (Å²) in [6.07, 6.45) is 0. The van der Waals surface area contributed by atoms with E-state index in [2.05, 4.69) is 5.32 Å². The standard InChI is InChI=1S/C19H19ClN2O2/c1-12-3-8-15-16(18(19(23)24)22(2)17(15)9-12)11-21-10-13-4-6-14(20)7-5-13/h3-9,21H,10-11H2,1-2H3,(H,23,24). The largest absolute Gasteiger partial charge is 0.477 e. The van der Waals surface area contributed by atoms with E-state index in [1.807, 2.05) is 49.4 Å². The second kappa shape index (κ2) is 6.67. The lowest BCUT2D eigenvalue weighted by Gasteiger charge is -2.06. The van der Waals surface area contributed by atoms with Crippen molar-refractivity contribution in [3.05, 3.63) is 69.9 Å². The van der Waals surface area contributed by atoms with Crippen molar-refractivity contribution in [2.45, 2.75) is 20.0 Å². The third kappa shape index (κ3) is 3.16. The maximum Gasteiger partial charge on any atom is 0.352 e. The van der Waals surface area contributed by atoms with E-state index in [0.717, 1.165) is 27.6 Å². The Hall–Kier alpha value is -2.30. The second-order valence-corrected chi connectivity index (χ2v) is 6.38. The number of hydrogen-bond acceptors (Lipinski definition) is 2. The van der Waals surface area contributed by atoms with E-state index in [1.165, 1.54) is 0 Å². The molecule has 1 aromatic heterocycles. The molecule has 0 aliphatic carbocycles. The molecule has 0 atom stereocenters. The molecule has 124 valence electrons. The number of nitrogens with zero attached hydrogens (tertiary/aromatic N) is 1. The summed E-state index contributed by atoms with van der Waals surface area (Å²) in [5, 5.41) is 14.6. The van der Waals surface area contributed by atoms with Crippen LogP contribution in [0, 0.1) is 6.92 Å². The number of benzene rings is 2. The highest BCUT2D eigenvalue weighted by molar-refractivity contribution is 6.30. The van der Waals surface area contributed by atoms with Crippen LogP contribution in [0.2, 0.25) is 5.02 Å². The molecule has 0 bridgehead atoms. The van der Waals surface area contributed by atoms with Crippen LogP contribution in [0.1, 0.15) is 27.2 Å². The predicted octanol–water partition coefficient (Wildman–Crippen LogP) is 4.13. The molecule has 1 heterocycles. The average Bonchev–Trinajstić information content (AvgIpc) is 2.81. The Morgan fingerprint density at radius 3 is 2.54 bits per heavy atom. The van der Waals surface area contributed by atoms with Crippen molar-refractivity contribution in [2.75, 3.05) is 0 Å². The van der Waals surface area contributed by atoms with Gasteiger partial charge in [-0.15, -0.1) is 0 Å². The lowest BCUT2D eigenvalue weighted by Crippen LogP contribution is -2.16. The van der Waals surface area contributed by atoms with E-state index in [4.69, 9.17) is 11.6 Å². The number of hydrogen-bond donors (Lipinski definition) is 2. The van der Waals surface area contributed by atoms with Gasteiger partial charge < -0.3 is 15.0 Å². The quantitative estimate of drug-likeness (QED) is 0.733. The number of carbonyl (C=O) groups is 1. The van der Waals surface area contributed by atoms with Crippen molar-refractivity contribution in [1.29, 1.82) is 0 Å². The second-order valence-electron chi connectivity index (χ2n) is 5.94. The molecular weight excluding hydrogens is 324 g/mol. The fourth-order valence-electron chi connectivity index (χ4n) is 3.01. The Kier molecular flexibility index (Phi) is 4.60. The van der Waals surface area contributed by atoms with Gasteiger partial charge in [-0.3, -0.25) is 0 Å². The number of aromatic carboxylic acids is 1. The fraction of sp³-hybridized carbons (Fsp3) is 0.211. The van der Waals surface area contributed by atoms with E-state index in [9.17, 15) is 9.90 Å². The van der Waals surface area contributed by atoms with Crippen LogP contribution in [0.15, 0.2) is 42.5 Å². The van der Waals surface area contributed by atoms with Gasteiger partial charge in [0.25, 0.3) is 0 Å². The van der Waals surface area contributed by atoms with E-state index in [-0.39, 0.29) is 0 Å². The first kappa shape index (κ1) is 16.6. The molecule has 5 heteroatoms. The van der Waals surface area contributed by atoms with Crippen molar-refractivity contribution in [3.63, 3.8) is 0 Å². The number of aromatic nitrogens is 1. The van der Waals surface area contributed by atoms with Gasteiger partial charge in [0.1, 0.15) is 5.69 Å². The number of carboxylic acid groups (broad SMARTS) is 1. The molecule has 0 fully saturated rings. The molecule has 0 radical (unpaired) electrons. The van der Waals surface area contributed by atoms with Gasteiger partial charge in [0.2, 0.25) is 0 Å². The molecule has 2 aromatic carbocycles. The van der Waals surface area contributed by atoms with Crippen molar-refractivity contribution in [3.8, 4) is 0 Å². The summed E-state index contributed by atoms with van der Waals surface area (Å²) in [7, 11) is 1.80. The average molecular weight is 343 g/mol. The molecule has 0 aliphatic heterocycles. The smallest absolute Gasteiger partial charge is 0.352 e. The SMILES string of the molecule is Cc1ccc2c(CNCc3ccc(Cl)cc3)c(C(=O)O)n(C)c2c1. The Bertz CT molecular complexity index is 898. The molecule has 2 N–H and O–H groups in total. The van der Waals surface area contributed by atoms with Gasteiger partial charge in [0.05, 0.1) is 0 Å². The molecule has 0 amide bonds. The van der Waals surface area contributed by atoms with E-state index < -0.39 is 5.97 Å². The van der Waals surface area contributed by atoms with Crippen LogP contribution >= 0.6 is 11.6 Å². The predicted molar refractivity (Wildman–Crippen MR) is 96.6 cm³/mol. The molecule has 0 saturated heterocycles. The van der Waals surface area contributed by atoms with Gasteiger partial charge in [-0.25, -0.2) is 4.79 Å². The monoisotopic (exact) mass is 342 g/mol. The summed E-state index contributed by atoms with van der Waals surface area (Å²) in [5.41, 5.74) is 4.30. The minimum Gasteiger partial charge on any atom is -0.477 e. The van der Waals surface area contributed by atoms with Crippen molar-refractivity contribution < 1.29 is 9.90 Å². The zero-order valence-electron chi connectivity index (χ0n) is 13.6. The molecule has 0 spiro atoms. The Balaban J connectivity index is 1.89. The summed E-state index contributed by atoms with van der Waals surface area (Å²) < 4.78 is 1.75. The summed E-state index contributed by atoms with van der Waals surface area (Å²) in [4.78, 5) is 11.7. The highest BCUT2D eigenvalue weighted by atomic mass is 35.5. The van der Waals surface area contributed by atoms with Crippen LogP contribution in [0.25, 0.3) is 10.9 Å². The summed E-state index contributed by atoms with van der Waals surface area (Å²) in [6.45, 7) is 3.15. The Morgan fingerprint density at radius 1 is 1.17 bits per heavy atom. The minimum atomic E-state index is -0.908. The molecule has 0 unspecified atom stereocenters. The molecule has 0 saturated carbocycles. The van der Waals surface area contributed by atoms with Crippen LogP contribution in [0.5, 0.6) is 0 Å². The maximum absolute atomic E-state index is 11.7. The first-order chi connectivity index (χ1) is 11.5. The van der Waals surface area contributed by atoms with Crippen molar-refractivity contribution in [2.24, 2.45) is 7.05 Å². The van der Waals surface area contributed by atoms with Crippen LogP contribution in [0.3, 0.4) is 0 Å². The van der Waals surface area contributed by atoms with Crippen LogP contribution in [-0.4, -0.2) is 15.6 Å². The summed E-state index contributed by atoms with van der Waals surface area (Å²) >= 11 is 5.89. The van der Waals surface area contributed by atoms with Gasteiger partial charge >= 0.3 is 5.97 Å². The number of rotatable bonds is 5. The first-order valence-corrected chi connectivity index (χ1v) is 8.11. The number of carboxylic acids is 1. The zero-order valence-corrected chi connectivity index (χ0v) is 14.4. The minimum absolute atomic E-state index is 0.333. The van der Waals surface area contributed by atoms with Crippen LogP contribution < -0.4 is 5.32 Å². The maximum atomic E-state index is 11.7. The third-order valence-electron chi connectivity index (χ3n) is 4.21. The molecule has 0 aliphatic rings. The van der Waals surface area contributed by atoms with Gasteiger partial charge in [-0.2, -0.15) is 0 Å². The third-order valence-corrected chi connectivity index (χ3v) is 4.46. The van der Waals surface area contributed by atoms with Gasteiger partial charge in [-0.05, 0) is 36.2 Å². The Morgan fingerprint density at radius 2 is 1.88 bits per heavy atom. The van der Waals surface area contributed by atoms with Gasteiger partial charge in [0.15, 0.2) is 0 Å². The number of fused-ring (bicyclic) bond motifs is 1. The van der Waals surface area contributed by atoms with E-state index in [0.29, 0.717) is 23.8 Å². The molecular formula is C19H19ClN2O2. The van der Waals surface area contributed by atoms with Gasteiger partial charge in [0, 0.05) is 41.6 Å². The first-order valence-electron chi connectivity index (χ1n) is 7.73. The normalized spacial score (nSPS) is 11.1. The lowest BCUT2D eigenvalue weighted by atomic mass is 10.1. The number of aryl methyl sites for hydroxylation is 2. The molecule has 24 heavy (non-hydrogen) atoms. The van der Waals surface area contributed by atoms with Crippen molar-refractivity contribution >= 4 is 28.5 Å². The fourth-order valence-corrected chi connectivity index (χ4v) is 3.14. The topological polar surface area (TPSA) is 54.3 Å². The highest BCUT2D eigenvalue weighted by Crippen LogP contribution is 2.26. The lowest BCUT2D eigenvalue weighted by molar-refractivity contribution is 0.0685. The zero-order chi connectivity index (χ0) is 17.3. The number of halogens is 1. The molecule has 4 nitrogen and oxygen atoms in total.